The van der Waals surface area contributed by atoms with Gasteiger partial charge in [-0.25, -0.2) is 0 Å². The highest BCUT2D eigenvalue weighted by atomic mass is 16.5. The van der Waals surface area contributed by atoms with E-state index in [9.17, 15) is 0 Å². The summed E-state index contributed by atoms with van der Waals surface area (Å²) in [6.45, 7) is 13.6. The summed E-state index contributed by atoms with van der Waals surface area (Å²) in [5.74, 6) is 0. The Kier molecular flexibility index (Phi) is 7.53. The summed E-state index contributed by atoms with van der Waals surface area (Å²) < 4.78 is 5.82. The van der Waals surface area contributed by atoms with Gasteiger partial charge in [-0.05, 0) is 64.7 Å². The maximum Gasteiger partial charge on any atom is 0.0576 e. The van der Waals surface area contributed by atoms with Gasteiger partial charge >= 0.3 is 0 Å². The summed E-state index contributed by atoms with van der Waals surface area (Å²) in [7, 11) is 0. The average Bonchev–Trinajstić information content (AvgIpc) is 2.91. The smallest absolute Gasteiger partial charge is 0.0576 e. The third-order valence-electron chi connectivity index (χ3n) is 4.83. The lowest BCUT2D eigenvalue weighted by molar-refractivity contribution is 0.0811. The highest BCUT2D eigenvalue weighted by Gasteiger charge is 2.30. The monoisotopic (exact) mass is 283 g/mol. The van der Waals surface area contributed by atoms with Gasteiger partial charge < -0.3 is 10.1 Å². The molecule has 1 saturated heterocycles. The van der Waals surface area contributed by atoms with Crippen molar-refractivity contribution in [2.75, 3.05) is 13.2 Å². The minimum Gasteiger partial charge on any atom is -0.378 e. The molecule has 1 rings (SSSR count). The number of hydrogen-bond acceptors (Lipinski definition) is 2. The van der Waals surface area contributed by atoms with E-state index in [0.717, 1.165) is 13.2 Å². The Morgan fingerprint density at radius 3 is 2.40 bits per heavy atom. The van der Waals surface area contributed by atoms with E-state index in [1.807, 2.05) is 0 Å². The molecule has 20 heavy (non-hydrogen) atoms. The van der Waals surface area contributed by atoms with Crippen molar-refractivity contribution in [2.45, 2.75) is 97.6 Å². The number of rotatable bonds is 9. The largest absolute Gasteiger partial charge is 0.378 e. The fourth-order valence-corrected chi connectivity index (χ4v) is 3.12. The third-order valence-corrected chi connectivity index (χ3v) is 4.83. The predicted molar refractivity (Wildman–Crippen MR) is 88.2 cm³/mol. The third kappa shape index (κ3) is 6.58. The first-order valence-corrected chi connectivity index (χ1v) is 8.77. The molecule has 0 aromatic heterocycles. The van der Waals surface area contributed by atoms with E-state index in [1.165, 1.54) is 51.4 Å². The maximum atomic E-state index is 5.82. The first-order chi connectivity index (χ1) is 9.41. The van der Waals surface area contributed by atoms with Gasteiger partial charge in [0.2, 0.25) is 0 Å². The Morgan fingerprint density at radius 1 is 1.15 bits per heavy atom. The summed E-state index contributed by atoms with van der Waals surface area (Å²) >= 11 is 0. The summed E-state index contributed by atoms with van der Waals surface area (Å²) in [4.78, 5) is 0. The van der Waals surface area contributed by atoms with Crippen molar-refractivity contribution in [3.05, 3.63) is 0 Å². The molecular formula is C18H37NO. The van der Waals surface area contributed by atoms with Gasteiger partial charge in [-0.15, -0.1) is 0 Å². The van der Waals surface area contributed by atoms with Crippen LogP contribution in [0.2, 0.25) is 0 Å². The van der Waals surface area contributed by atoms with Crippen LogP contribution in [0.25, 0.3) is 0 Å². The van der Waals surface area contributed by atoms with Gasteiger partial charge in [0.15, 0.2) is 0 Å². The first-order valence-electron chi connectivity index (χ1n) is 8.77. The lowest BCUT2D eigenvalue weighted by Gasteiger charge is -2.37. The van der Waals surface area contributed by atoms with Gasteiger partial charge in [-0.1, -0.05) is 26.7 Å². The van der Waals surface area contributed by atoms with E-state index in [4.69, 9.17) is 4.74 Å². The molecule has 0 aliphatic carbocycles. The lowest BCUT2D eigenvalue weighted by Crippen LogP contribution is -2.44. The standard InChI is InChI=1S/C18H37NO/c1-6-8-12-18(7-2,15-19-17(3,4)5)13-11-16-10-9-14-20-16/h16,19H,6-15H2,1-5H3. The Morgan fingerprint density at radius 2 is 1.90 bits per heavy atom. The van der Waals surface area contributed by atoms with Gasteiger partial charge in [0.25, 0.3) is 0 Å². The number of unbranched alkanes of at least 4 members (excludes halogenated alkanes) is 1. The zero-order valence-electron chi connectivity index (χ0n) is 14.6. The fourth-order valence-electron chi connectivity index (χ4n) is 3.12. The van der Waals surface area contributed by atoms with Crippen molar-refractivity contribution in [1.82, 2.24) is 5.32 Å². The maximum absolute atomic E-state index is 5.82. The van der Waals surface area contributed by atoms with Gasteiger partial charge in [0.05, 0.1) is 6.10 Å². The summed E-state index contributed by atoms with van der Waals surface area (Å²) in [5, 5.41) is 3.76. The number of ether oxygens (including phenoxy) is 1. The number of nitrogens with one attached hydrogen (secondary N) is 1. The minimum atomic E-state index is 0.219. The molecule has 0 amide bonds. The Balaban J connectivity index is 2.54. The lowest BCUT2D eigenvalue weighted by atomic mass is 9.75. The zero-order valence-corrected chi connectivity index (χ0v) is 14.6. The molecule has 2 unspecified atom stereocenters. The van der Waals surface area contributed by atoms with Crippen molar-refractivity contribution >= 4 is 0 Å². The van der Waals surface area contributed by atoms with E-state index in [0.29, 0.717) is 11.5 Å². The second-order valence-corrected chi connectivity index (χ2v) is 7.73. The normalized spacial score (nSPS) is 22.9. The molecule has 2 nitrogen and oxygen atoms in total. The van der Waals surface area contributed by atoms with Gasteiger partial charge in [0, 0.05) is 18.7 Å². The van der Waals surface area contributed by atoms with Crippen molar-refractivity contribution in [3.8, 4) is 0 Å². The molecule has 1 aliphatic rings. The van der Waals surface area contributed by atoms with Gasteiger partial charge in [0.1, 0.15) is 0 Å². The number of hydrogen-bond donors (Lipinski definition) is 1. The quantitative estimate of drug-likeness (QED) is 0.648. The van der Waals surface area contributed by atoms with Crippen LogP contribution in [0, 0.1) is 5.41 Å². The van der Waals surface area contributed by atoms with Crippen LogP contribution in [0.1, 0.15) is 86.0 Å². The molecule has 0 spiro atoms. The van der Waals surface area contributed by atoms with Crippen LogP contribution in [-0.2, 0) is 4.74 Å². The molecule has 0 aromatic rings. The predicted octanol–water partition coefficient (Wildman–Crippen LogP) is 4.92. The second kappa shape index (κ2) is 8.38. The van der Waals surface area contributed by atoms with Crippen LogP contribution in [0.5, 0.6) is 0 Å². The van der Waals surface area contributed by atoms with Crippen LogP contribution in [0.4, 0.5) is 0 Å². The molecule has 0 saturated carbocycles. The summed E-state index contributed by atoms with van der Waals surface area (Å²) in [6.07, 6.45) is 10.9. The second-order valence-electron chi connectivity index (χ2n) is 7.73. The molecule has 1 N–H and O–H groups in total. The van der Waals surface area contributed by atoms with E-state index in [1.54, 1.807) is 0 Å². The van der Waals surface area contributed by atoms with Gasteiger partial charge in [-0.3, -0.25) is 0 Å². The molecule has 1 aliphatic heterocycles. The molecule has 120 valence electrons. The highest BCUT2D eigenvalue weighted by Crippen LogP contribution is 2.36. The average molecular weight is 284 g/mol. The molecule has 0 aromatic carbocycles. The van der Waals surface area contributed by atoms with Crippen molar-refractivity contribution in [3.63, 3.8) is 0 Å². The first kappa shape index (κ1) is 18.0. The molecular weight excluding hydrogens is 246 g/mol. The molecule has 2 heteroatoms. The topological polar surface area (TPSA) is 21.3 Å². The molecule has 2 atom stereocenters. The van der Waals surface area contributed by atoms with Crippen LogP contribution < -0.4 is 5.32 Å². The van der Waals surface area contributed by atoms with Crippen LogP contribution in [0.15, 0.2) is 0 Å². The Bertz CT molecular complexity index is 253. The van der Waals surface area contributed by atoms with Crippen LogP contribution in [-0.4, -0.2) is 24.8 Å². The van der Waals surface area contributed by atoms with Crippen molar-refractivity contribution < 1.29 is 4.74 Å². The zero-order chi connectivity index (χ0) is 15.1. The summed E-state index contributed by atoms with van der Waals surface area (Å²) in [6, 6.07) is 0. The Hall–Kier alpha value is -0.0800. The van der Waals surface area contributed by atoms with Crippen LogP contribution in [0.3, 0.4) is 0 Å². The molecule has 0 bridgehead atoms. The van der Waals surface area contributed by atoms with Crippen LogP contribution >= 0.6 is 0 Å². The van der Waals surface area contributed by atoms with Crippen molar-refractivity contribution in [2.24, 2.45) is 5.41 Å². The highest BCUT2D eigenvalue weighted by molar-refractivity contribution is 4.85. The Labute approximate surface area is 127 Å². The minimum absolute atomic E-state index is 0.219. The van der Waals surface area contributed by atoms with Crippen molar-refractivity contribution in [1.29, 1.82) is 0 Å². The molecule has 1 fully saturated rings. The SMILES string of the molecule is CCCCC(CC)(CCC1CCCO1)CNC(C)(C)C. The van der Waals surface area contributed by atoms with Gasteiger partial charge in [-0.2, -0.15) is 0 Å². The molecule has 0 radical (unpaired) electrons. The summed E-state index contributed by atoms with van der Waals surface area (Å²) in [5.41, 5.74) is 0.686. The van der Waals surface area contributed by atoms with E-state index >= 15 is 0 Å². The van der Waals surface area contributed by atoms with E-state index in [2.05, 4.69) is 39.9 Å². The fraction of sp³-hybridized carbons (Fsp3) is 1.00. The van der Waals surface area contributed by atoms with E-state index in [-0.39, 0.29) is 5.54 Å². The molecule has 1 heterocycles. The van der Waals surface area contributed by atoms with E-state index < -0.39 is 0 Å².